The van der Waals surface area contributed by atoms with Crippen LogP contribution in [-0.2, 0) is 67.3 Å². The lowest BCUT2D eigenvalue weighted by Crippen LogP contribution is -2.62. The van der Waals surface area contributed by atoms with E-state index in [0.717, 1.165) is 10.9 Å². The van der Waals surface area contributed by atoms with Crippen molar-refractivity contribution in [3.63, 3.8) is 0 Å². The van der Waals surface area contributed by atoms with Gasteiger partial charge in [0.2, 0.25) is 47.3 Å². The van der Waals surface area contributed by atoms with Crippen LogP contribution in [0.1, 0.15) is 81.9 Å². The van der Waals surface area contributed by atoms with Crippen LogP contribution < -0.4 is 65.5 Å². The molecule has 0 aliphatic carbocycles. The summed E-state index contributed by atoms with van der Waals surface area (Å²) in [4.78, 5) is 137. The van der Waals surface area contributed by atoms with Crippen LogP contribution in [0.15, 0.2) is 101 Å². The average molecular weight is 1120 g/mol. The van der Waals surface area contributed by atoms with Gasteiger partial charge in [0.05, 0.1) is 19.1 Å². The van der Waals surface area contributed by atoms with Crippen molar-refractivity contribution in [2.24, 2.45) is 32.9 Å². The van der Waals surface area contributed by atoms with Crippen molar-refractivity contribution in [1.29, 1.82) is 0 Å². The van der Waals surface area contributed by atoms with Crippen molar-refractivity contribution in [2.75, 3.05) is 19.6 Å². The summed E-state index contributed by atoms with van der Waals surface area (Å²) in [6, 6.07) is 14.5. The quantitative estimate of drug-likeness (QED) is 0.0282. The number of nitrogens with two attached hydrogens (primary N) is 4. The summed E-state index contributed by atoms with van der Waals surface area (Å²) in [5.74, 6) is -8.50. The van der Waals surface area contributed by atoms with E-state index >= 15 is 0 Å². The van der Waals surface area contributed by atoms with Crippen molar-refractivity contribution < 1.29 is 53.0 Å². The molecule has 1 aromatic heterocycles. The first kappa shape index (κ1) is 62.8. The number of nitrogens with one attached hydrogen (secondary N) is 9. The Morgan fingerprint density at radius 2 is 1.30 bits per heavy atom. The van der Waals surface area contributed by atoms with Crippen molar-refractivity contribution in [1.82, 2.24) is 47.5 Å². The number of aliphatic carboxylic acids is 1. The number of fused-ring (bicyclic) bond motifs is 1. The number of nitrogens with zero attached hydrogens (tertiary/aromatic N) is 2. The monoisotopic (exact) mass is 1120 g/mol. The maximum Gasteiger partial charge on any atom is 0.326 e. The van der Waals surface area contributed by atoms with Crippen LogP contribution >= 0.6 is 0 Å². The fraction of sp³-hybridized carbons (Fsp3) is 0.436. The fourth-order valence-electron chi connectivity index (χ4n) is 8.90. The van der Waals surface area contributed by atoms with E-state index in [2.05, 4.69) is 57.5 Å². The molecule has 436 valence electrons. The molecule has 26 heteroatoms. The third kappa shape index (κ3) is 21.3. The maximum atomic E-state index is 14.9. The summed E-state index contributed by atoms with van der Waals surface area (Å²) in [6.45, 7) is 2.74. The molecule has 0 spiro atoms. The van der Waals surface area contributed by atoms with Gasteiger partial charge in [-0.15, -0.1) is 0 Å². The number of carboxylic acid groups (broad SMARTS) is 1. The Balaban J connectivity index is 1.57. The number of carbonyl (C=O) groups excluding carboxylic acids is 8. The number of carboxylic acids is 1. The number of para-hydroxylation sites is 1. The number of aliphatic imine (C=N–C) groups is 2. The van der Waals surface area contributed by atoms with E-state index in [9.17, 15) is 48.3 Å². The molecule has 8 amide bonds. The summed E-state index contributed by atoms with van der Waals surface area (Å²) < 4.78 is 6.19. The van der Waals surface area contributed by atoms with Gasteiger partial charge < -0.3 is 80.3 Å². The molecule has 3 aromatic carbocycles. The predicted octanol–water partition coefficient (Wildman–Crippen LogP) is -1.15. The highest BCUT2D eigenvalue weighted by atomic mass is 16.5. The molecule has 8 atom stereocenters. The van der Waals surface area contributed by atoms with Gasteiger partial charge in [-0.2, -0.15) is 0 Å². The topological polar surface area (TPSA) is 424 Å². The number of guanidine groups is 2. The number of hydrogen-bond donors (Lipinski definition) is 14. The second-order valence-corrected chi connectivity index (χ2v) is 19.6. The second kappa shape index (κ2) is 32.1. The van der Waals surface area contributed by atoms with Gasteiger partial charge in [0.15, 0.2) is 11.9 Å². The molecule has 4 aromatic rings. The number of aromatic amines is 1. The van der Waals surface area contributed by atoms with Crippen molar-refractivity contribution >= 4 is 76.0 Å². The Morgan fingerprint density at radius 1 is 0.704 bits per heavy atom. The number of H-pyrrole nitrogens is 1. The number of benzene rings is 3. The second-order valence-electron chi connectivity index (χ2n) is 19.6. The molecule has 1 aliphatic heterocycles. The number of rotatable bonds is 20. The summed E-state index contributed by atoms with van der Waals surface area (Å²) >= 11 is 0. The number of ether oxygens (including phenoxy) is 1. The molecule has 5 rings (SSSR count). The van der Waals surface area contributed by atoms with Gasteiger partial charge in [0.25, 0.3) is 0 Å². The molecule has 0 saturated carbocycles. The summed E-state index contributed by atoms with van der Waals surface area (Å²) in [5, 5.41) is 32.3. The van der Waals surface area contributed by atoms with Gasteiger partial charge in [-0.3, -0.25) is 48.3 Å². The number of carbonyl (C=O) groups is 9. The van der Waals surface area contributed by atoms with E-state index in [-0.39, 0.29) is 95.9 Å². The van der Waals surface area contributed by atoms with Crippen molar-refractivity contribution in [3.8, 4) is 0 Å². The van der Waals surface area contributed by atoms with Crippen LogP contribution in [0.2, 0.25) is 0 Å². The largest absolute Gasteiger partial charge is 0.480 e. The predicted molar refractivity (Wildman–Crippen MR) is 301 cm³/mol. The third-order valence-electron chi connectivity index (χ3n) is 13.1. The van der Waals surface area contributed by atoms with Crippen LogP contribution in [-0.4, -0.2) is 143 Å². The third-order valence-corrected chi connectivity index (χ3v) is 13.1. The zero-order valence-electron chi connectivity index (χ0n) is 45.4. The smallest absolute Gasteiger partial charge is 0.326 e. The molecule has 0 radical (unpaired) electrons. The Kier molecular flexibility index (Phi) is 24.9. The molecule has 18 N–H and O–H groups in total. The number of hydrogen-bond acceptors (Lipinski definition) is 12. The molecule has 1 aliphatic rings. The lowest BCUT2D eigenvalue weighted by molar-refractivity contribution is -0.142. The average Bonchev–Trinajstić information content (AvgIpc) is 4.07. The summed E-state index contributed by atoms with van der Waals surface area (Å²) in [6.07, 6.45) is 0.0247. The van der Waals surface area contributed by atoms with E-state index in [1.807, 2.05) is 18.2 Å². The van der Waals surface area contributed by atoms with Gasteiger partial charge in [0.1, 0.15) is 42.3 Å². The zero-order valence-corrected chi connectivity index (χ0v) is 45.4. The van der Waals surface area contributed by atoms with Gasteiger partial charge in [0, 0.05) is 56.5 Å². The van der Waals surface area contributed by atoms with E-state index in [1.165, 1.54) is 13.8 Å². The molecule has 2 heterocycles. The highest BCUT2D eigenvalue weighted by Crippen LogP contribution is 2.20. The minimum Gasteiger partial charge on any atom is -0.480 e. The van der Waals surface area contributed by atoms with Crippen molar-refractivity contribution in [3.05, 3.63) is 108 Å². The molecule has 1 fully saturated rings. The first-order chi connectivity index (χ1) is 38.8. The molecule has 1 saturated heterocycles. The summed E-state index contributed by atoms with van der Waals surface area (Å²) in [5.41, 5.74) is 24.8. The molecular formula is C55H75N15O11. The Labute approximate surface area is 468 Å². The normalized spacial score (nSPS) is 20.8. The first-order valence-corrected chi connectivity index (χ1v) is 26.7. The molecule has 26 nitrogen and oxygen atoms in total. The minimum absolute atomic E-state index is 0.00428. The number of aromatic nitrogens is 1. The Morgan fingerprint density at radius 3 is 1.96 bits per heavy atom. The minimum atomic E-state index is -1.70. The van der Waals surface area contributed by atoms with E-state index in [0.29, 0.717) is 16.7 Å². The van der Waals surface area contributed by atoms with Crippen molar-refractivity contribution in [2.45, 2.75) is 133 Å². The SMILES string of the molecule is CC(=O)NC(CCCN=C(N)N)C(=O)NC1CC(=O)NCCCCC(C(=O)O)NC(=O)C(Cc2c[nH]c3ccccc23)NC(=O)C(CCCN=C(N)N)NC(=O)C(Cc2ccccc2)NC(=O)C(C(C)OCc2ccccc2)NC1=O. The van der Waals surface area contributed by atoms with Gasteiger partial charge in [-0.1, -0.05) is 78.9 Å². The van der Waals surface area contributed by atoms with E-state index in [1.54, 1.807) is 72.9 Å². The van der Waals surface area contributed by atoms with Crippen LogP contribution in [0.25, 0.3) is 10.9 Å². The fourth-order valence-corrected chi connectivity index (χ4v) is 8.90. The van der Waals surface area contributed by atoms with Crippen LogP contribution in [0.3, 0.4) is 0 Å². The van der Waals surface area contributed by atoms with Crippen LogP contribution in [0, 0.1) is 0 Å². The summed E-state index contributed by atoms with van der Waals surface area (Å²) in [7, 11) is 0. The van der Waals surface area contributed by atoms with E-state index < -0.39 is 108 Å². The Bertz CT molecular complexity index is 2840. The zero-order chi connectivity index (χ0) is 58.8. The highest BCUT2D eigenvalue weighted by Gasteiger charge is 2.37. The maximum absolute atomic E-state index is 14.9. The Hall–Kier alpha value is -9.07. The molecule has 0 bridgehead atoms. The van der Waals surface area contributed by atoms with Crippen LogP contribution in [0.5, 0.6) is 0 Å². The number of amides is 8. The standard InChI is InChI=1S/C55H75N15O11/c1-32(81-31-35-17-7-4-8-18-35)46-52(78)69-42(27-34-15-5-3-6-16-34)49(75)65-40(23-14-26-62-55(58)59)48(74)67-43(28-36-30-63-38-20-10-9-19-37(36)38)50(76)66-41(53(79)80)21-11-12-24-60-45(72)29-44(51(77)70-46)68-47(73)39(64-33(2)71)22-13-25-61-54(56)57/h3-10,15-20,30,32,39-44,46,63H,11-14,21-29,31H2,1-2H3,(H,60,72)(H,64,71)(H,65,75)(H,66,76)(H,67,74)(H,68,73)(H,69,78)(H,70,77)(H,79,80)(H4,56,57,61)(H4,58,59,62). The van der Waals surface area contributed by atoms with Gasteiger partial charge in [-0.25, -0.2) is 4.79 Å². The van der Waals surface area contributed by atoms with Gasteiger partial charge in [-0.05, 0) is 74.6 Å². The molecule has 81 heavy (non-hydrogen) atoms. The molecule has 8 unspecified atom stereocenters. The van der Waals surface area contributed by atoms with E-state index in [4.69, 9.17) is 27.7 Å². The van der Waals surface area contributed by atoms with Crippen LogP contribution in [0.4, 0.5) is 0 Å². The highest BCUT2D eigenvalue weighted by molar-refractivity contribution is 5.99. The molecular weight excluding hydrogens is 1050 g/mol. The first-order valence-electron chi connectivity index (χ1n) is 26.7. The lowest BCUT2D eigenvalue weighted by atomic mass is 10.0. The lowest BCUT2D eigenvalue weighted by Gasteiger charge is -2.30. The van der Waals surface area contributed by atoms with Gasteiger partial charge >= 0.3 is 5.97 Å².